The number of phenolic OH excluding ortho intramolecular Hbond substituents is 1. The Morgan fingerprint density at radius 1 is 1.11 bits per heavy atom. The molecule has 0 saturated heterocycles. The predicted octanol–water partition coefficient (Wildman–Crippen LogP) is 2.66. The smallest absolute Gasteiger partial charge is 0.408 e. The van der Waals surface area contributed by atoms with Crippen LogP contribution in [0.2, 0.25) is 0 Å². The molecule has 0 aromatic heterocycles. The second kappa shape index (κ2) is 11.9. The summed E-state index contributed by atoms with van der Waals surface area (Å²) in [6.07, 6.45) is -1.04. The molecule has 10 heteroatoms. The molecule has 1 rings (SSSR count). The minimum absolute atomic E-state index is 0.0593. The number of carbonyl (C=O) groups is 4. The van der Waals surface area contributed by atoms with Crippen molar-refractivity contribution >= 4 is 23.8 Å². The van der Waals surface area contributed by atoms with Gasteiger partial charge < -0.3 is 31.1 Å². The molecule has 5 N–H and O–H groups in total. The highest BCUT2D eigenvalue weighted by Gasteiger charge is 2.36. The lowest BCUT2D eigenvalue weighted by molar-refractivity contribution is -0.143. The molecule has 0 radical (unpaired) electrons. The summed E-state index contributed by atoms with van der Waals surface area (Å²) < 4.78 is 5.28. The molecule has 35 heavy (non-hydrogen) atoms. The third-order valence-corrected chi connectivity index (χ3v) is 4.89. The second-order valence-electron chi connectivity index (χ2n) is 10.5. The van der Waals surface area contributed by atoms with Gasteiger partial charge in [-0.15, -0.1) is 0 Å². The van der Waals surface area contributed by atoms with Crippen molar-refractivity contribution in [2.24, 2.45) is 5.73 Å². The van der Waals surface area contributed by atoms with Crippen molar-refractivity contribution in [1.82, 2.24) is 15.5 Å². The normalized spacial score (nSPS) is 13.4. The fraction of sp³-hybridized carbons (Fsp3) is 0.600. The van der Waals surface area contributed by atoms with E-state index in [2.05, 4.69) is 10.6 Å². The van der Waals surface area contributed by atoms with E-state index in [1.165, 1.54) is 11.0 Å². The number of amides is 4. The van der Waals surface area contributed by atoms with Crippen LogP contribution >= 0.6 is 0 Å². The van der Waals surface area contributed by atoms with Gasteiger partial charge in [-0.3, -0.25) is 14.4 Å². The maximum Gasteiger partial charge on any atom is 0.408 e. The highest BCUT2D eigenvalue weighted by atomic mass is 16.6. The largest absolute Gasteiger partial charge is 0.508 e. The van der Waals surface area contributed by atoms with Gasteiger partial charge in [-0.2, -0.15) is 0 Å². The number of hydrogen-bond acceptors (Lipinski definition) is 6. The van der Waals surface area contributed by atoms with Crippen molar-refractivity contribution in [3.8, 4) is 5.75 Å². The van der Waals surface area contributed by atoms with Gasteiger partial charge in [-0.1, -0.05) is 6.07 Å². The summed E-state index contributed by atoms with van der Waals surface area (Å²) in [6.45, 7) is 14.0. The van der Waals surface area contributed by atoms with Crippen molar-refractivity contribution in [3.63, 3.8) is 0 Å². The zero-order valence-corrected chi connectivity index (χ0v) is 22.0. The Balaban J connectivity index is 3.45. The molecule has 0 heterocycles. The van der Waals surface area contributed by atoms with Crippen molar-refractivity contribution in [3.05, 3.63) is 29.3 Å². The van der Waals surface area contributed by atoms with Crippen LogP contribution in [0.25, 0.3) is 0 Å². The molecule has 0 saturated carbocycles. The van der Waals surface area contributed by atoms with Gasteiger partial charge >= 0.3 is 6.09 Å². The maximum atomic E-state index is 13.7. The van der Waals surface area contributed by atoms with Crippen LogP contribution in [0.4, 0.5) is 4.79 Å². The lowest BCUT2D eigenvalue weighted by Crippen LogP contribution is -2.54. The highest BCUT2D eigenvalue weighted by molar-refractivity contribution is 5.92. The van der Waals surface area contributed by atoms with Crippen molar-refractivity contribution in [1.29, 1.82) is 0 Å². The van der Waals surface area contributed by atoms with Gasteiger partial charge in [0.05, 0.1) is 0 Å². The minimum atomic E-state index is -1.15. The Hall–Kier alpha value is -3.30. The standard InChI is InChI=1S/C25H40N4O6/c1-9-29(22(33)17(11-13-19(26)31)27-23(34)35-25(6,7)8)20(21(32)28-24(3,4)5)16-10-12-18(30)15(2)14-16/h10,12,14,17,20,30H,9,11,13H2,1-8H3,(H2,26,31)(H,27,34)(H,28,32). The minimum Gasteiger partial charge on any atom is -0.508 e. The monoisotopic (exact) mass is 492 g/mol. The van der Waals surface area contributed by atoms with Crippen molar-refractivity contribution in [2.75, 3.05) is 6.54 Å². The molecule has 2 unspecified atom stereocenters. The number of hydrogen-bond donors (Lipinski definition) is 4. The van der Waals surface area contributed by atoms with Crippen LogP contribution in [-0.4, -0.2) is 57.5 Å². The summed E-state index contributed by atoms with van der Waals surface area (Å²) in [7, 11) is 0. The number of aromatic hydroxyl groups is 1. The topological polar surface area (TPSA) is 151 Å². The summed E-state index contributed by atoms with van der Waals surface area (Å²) in [5.41, 5.74) is 4.93. The Bertz CT molecular complexity index is 933. The average molecular weight is 493 g/mol. The van der Waals surface area contributed by atoms with E-state index in [4.69, 9.17) is 10.5 Å². The first kappa shape index (κ1) is 29.7. The van der Waals surface area contributed by atoms with E-state index in [9.17, 15) is 24.3 Å². The number of likely N-dealkylation sites (N-methyl/N-ethyl adjacent to an activating group) is 1. The summed E-state index contributed by atoms with van der Waals surface area (Å²) >= 11 is 0. The van der Waals surface area contributed by atoms with E-state index < -0.39 is 47.0 Å². The molecule has 10 nitrogen and oxygen atoms in total. The number of nitrogens with zero attached hydrogens (tertiary/aromatic N) is 1. The third-order valence-electron chi connectivity index (χ3n) is 4.89. The van der Waals surface area contributed by atoms with Gasteiger partial charge in [0.2, 0.25) is 17.7 Å². The summed E-state index contributed by atoms with van der Waals surface area (Å²) in [5.74, 6) is -1.57. The molecule has 0 aliphatic carbocycles. The highest BCUT2D eigenvalue weighted by Crippen LogP contribution is 2.28. The van der Waals surface area contributed by atoms with Crippen LogP contribution in [-0.2, 0) is 19.1 Å². The van der Waals surface area contributed by atoms with Crippen LogP contribution in [0.3, 0.4) is 0 Å². The molecule has 1 aromatic rings. The average Bonchev–Trinajstić information content (AvgIpc) is 2.68. The van der Waals surface area contributed by atoms with E-state index in [1.54, 1.807) is 46.8 Å². The predicted molar refractivity (Wildman–Crippen MR) is 132 cm³/mol. The maximum absolute atomic E-state index is 13.7. The van der Waals surface area contributed by atoms with E-state index >= 15 is 0 Å². The second-order valence-corrected chi connectivity index (χ2v) is 10.5. The molecule has 2 atom stereocenters. The molecular weight excluding hydrogens is 452 g/mol. The van der Waals surface area contributed by atoms with Gasteiger partial charge in [0.15, 0.2) is 0 Å². The zero-order chi connectivity index (χ0) is 27.1. The van der Waals surface area contributed by atoms with Gasteiger partial charge in [-0.25, -0.2) is 4.79 Å². The molecule has 0 bridgehead atoms. The Morgan fingerprint density at radius 3 is 2.17 bits per heavy atom. The fourth-order valence-corrected chi connectivity index (χ4v) is 3.42. The molecule has 4 amide bonds. The number of phenols is 1. The Morgan fingerprint density at radius 2 is 1.71 bits per heavy atom. The van der Waals surface area contributed by atoms with Gasteiger partial charge in [0.1, 0.15) is 23.4 Å². The lowest BCUT2D eigenvalue weighted by atomic mass is 9.98. The first-order chi connectivity index (χ1) is 15.9. The number of primary amides is 1. The molecule has 1 aromatic carbocycles. The summed E-state index contributed by atoms with van der Waals surface area (Å²) in [5, 5.41) is 15.4. The number of ether oxygens (including phenoxy) is 1. The van der Waals surface area contributed by atoms with Crippen LogP contribution < -0.4 is 16.4 Å². The quantitative estimate of drug-likeness (QED) is 0.416. The fourth-order valence-electron chi connectivity index (χ4n) is 3.42. The first-order valence-corrected chi connectivity index (χ1v) is 11.6. The number of nitrogens with two attached hydrogens (primary N) is 1. The van der Waals surface area contributed by atoms with Crippen molar-refractivity contribution in [2.45, 2.75) is 91.5 Å². The van der Waals surface area contributed by atoms with E-state index in [-0.39, 0.29) is 25.1 Å². The first-order valence-electron chi connectivity index (χ1n) is 11.6. The number of nitrogens with one attached hydrogen (secondary N) is 2. The van der Waals surface area contributed by atoms with Crippen molar-refractivity contribution < 1.29 is 29.0 Å². The van der Waals surface area contributed by atoms with Crippen LogP contribution in [0.1, 0.15) is 78.5 Å². The van der Waals surface area contributed by atoms with E-state index in [0.717, 1.165) is 0 Å². The zero-order valence-electron chi connectivity index (χ0n) is 22.0. The molecule has 0 aliphatic rings. The Labute approximate surface area is 207 Å². The molecular formula is C25H40N4O6. The number of carbonyl (C=O) groups excluding carboxylic acids is 4. The molecule has 0 fully saturated rings. The number of benzene rings is 1. The summed E-state index contributed by atoms with van der Waals surface area (Å²) in [4.78, 5) is 52.3. The van der Waals surface area contributed by atoms with E-state index in [0.29, 0.717) is 11.1 Å². The van der Waals surface area contributed by atoms with Crippen LogP contribution in [0.5, 0.6) is 5.75 Å². The van der Waals surface area contributed by atoms with Gasteiger partial charge in [-0.05, 0) is 85.1 Å². The molecule has 0 aliphatic heterocycles. The Kier molecular flexibility index (Phi) is 10.1. The molecule has 196 valence electrons. The van der Waals surface area contributed by atoms with Crippen LogP contribution in [0.15, 0.2) is 18.2 Å². The number of aryl methyl sites for hydroxylation is 1. The lowest BCUT2D eigenvalue weighted by Gasteiger charge is -2.35. The number of alkyl carbamates (subject to hydrolysis) is 1. The third kappa shape index (κ3) is 9.84. The summed E-state index contributed by atoms with van der Waals surface area (Å²) in [6, 6.07) is 2.47. The van der Waals surface area contributed by atoms with Gasteiger partial charge in [0, 0.05) is 18.5 Å². The van der Waals surface area contributed by atoms with E-state index in [1.807, 2.05) is 20.8 Å². The molecule has 0 spiro atoms. The van der Waals surface area contributed by atoms with Gasteiger partial charge in [0.25, 0.3) is 0 Å². The SMILES string of the molecule is CCN(C(=O)C(CCC(N)=O)NC(=O)OC(C)(C)C)C(C(=O)NC(C)(C)C)c1ccc(O)c(C)c1. The van der Waals surface area contributed by atoms with Crippen LogP contribution in [0, 0.1) is 6.92 Å². The number of rotatable bonds is 9.